The fourth-order valence-electron chi connectivity index (χ4n) is 7.95. The van der Waals surface area contributed by atoms with Crippen molar-refractivity contribution in [2.45, 2.75) is 106 Å². The van der Waals surface area contributed by atoms with Crippen LogP contribution in [0.5, 0.6) is 0 Å². The summed E-state index contributed by atoms with van der Waals surface area (Å²) >= 11 is 12.0. The first-order chi connectivity index (χ1) is 36.8. The maximum absolute atomic E-state index is 11.3. The minimum atomic E-state index is -4.27. The van der Waals surface area contributed by atoms with E-state index in [1.807, 2.05) is 37.3 Å². The largest absolute Gasteiger partial charge is 0.744 e. The molecule has 77 heavy (non-hydrogen) atoms. The minimum Gasteiger partial charge on any atom is -0.744 e. The smallest absolute Gasteiger partial charge is 0.166 e. The first-order valence-corrected chi connectivity index (χ1v) is 29.8. The zero-order chi connectivity index (χ0) is 55.7. The molecular formula is C66H64Cl2O6S3. The van der Waals surface area contributed by atoms with Crippen molar-refractivity contribution in [2.75, 3.05) is 0 Å². The molecule has 396 valence electrons. The Kier molecular flexibility index (Phi) is 22.0. The molecule has 0 aliphatic rings. The molecule has 0 aromatic heterocycles. The number of hydrogen-bond donors (Lipinski definition) is 1. The van der Waals surface area contributed by atoms with Crippen LogP contribution in [0.25, 0.3) is 0 Å². The van der Waals surface area contributed by atoms with Gasteiger partial charge in [0.2, 0.25) is 0 Å². The van der Waals surface area contributed by atoms with Crippen molar-refractivity contribution in [2.24, 2.45) is 0 Å². The van der Waals surface area contributed by atoms with Gasteiger partial charge in [-0.2, -0.15) is 0 Å². The summed E-state index contributed by atoms with van der Waals surface area (Å²) in [5, 5.41) is 23.1. The number of carbonyl (C=O) groups is 1. The van der Waals surface area contributed by atoms with Crippen LogP contribution in [0.4, 0.5) is 0 Å². The molecule has 9 aromatic rings. The van der Waals surface area contributed by atoms with Crippen LogP contribution < -0.4 is 5.11 Å². The molecule has 11 heteroatoms. The third-order valence-electron chi connectivity index (χ3n) is 12.4. The van der Waals surface area contributed by atoms with E-state index in [0.717, 1.165) is 15.6 Å². The minimum absolute atomic E-state index is 0.0791. The second-order valence-electron chi connectivity index (χ2n) is 19.0. The van der Waals surface area contributed by atoms with Crippen LogP contribution in [0.3, 0.4) is 0 Å². The van der Waals surface area contributed by atoms with Crippen LogP contribution in [-0.4, -0.2) is 24.0 Å². The number of hydrogen-bond acceptors (Lipinski definition) is 6. The molecule has 0 fully saturated rings. The predicted molar refractivity (Wildman–Crippen MR) is 315 cm³/mol. The van der Waals surface area contributed by atoms with Crippen LogP contribution in [0.1, 0.15) is 92.7 Å². The summed E-state index contributed by atoms with van der Waals surface area (Å²) in [5.41, 5.74) is 3.59. The lowest BCUT2D eigenvalue weighted by Crippen LogP contribution is -2.46. The number of aliphatic carboxylic acids is 1. The van der Waals surface area contributed by atoms with Crippen molar-refractivity contribution in [1.29, 1.82) is 0 Å². The fourth-order valence-corrected chi connectivity index (χ4v) is 12.8. The van der Waals surface area contributed by atoms with Crippen LogP contribution in [0, 0.1) is 6.92 Å². The number of carboxylic acid groups (broad SMARTS) is 1. The number of aliphatic hydroxyl groups is 1. The molecule has 1 N–H and O–H groups in total. The molecule has 0 aliphatic heterocycles. The molecule has 0 aliphatic carbocycles. The first-order valence-electron chi connectivity index (χ1n) is 25.2. The maximum Gasteiger partial charge on any atom is 0.166 e. The number of rotatable bonds is 13. The number of halogens is 2. The lowest BCUT2D eigenvalue weighted by Gasteiger charge is -2.30. The Hall–Kier alpha value is -6.40. The second-order valence-corrected chi connectivity index (χ2v) is 25.3. The zero-order valence-corrected chi connectivity index (χ0v) is 48.2. The van der Waals surface area contributed by atoms with E-state index in [4.69, 9.17) is 23.2 Å². The molecule has 0 spiro atoms. The van der Waals surface area contributed by atoms with E-state index >= 15 is 0 Å². The Balaban J connectivity index is 0.000000174. The third-order valence-corrected chi connectivity index (χ3v) is 18.2. The molecule has 0 bridgehead atoms. The summed E-state index contributed by atoms with van der Waals surface area (Å²) in [6.07, 6.45) is 0. The molecular weight excluding hydrogens is 1060 g/mol. The molecule has 0 amide bonds. The molecule has 0 radical (unpaired) electrons. The topological polar surface area (TPSA) is 118 Å². The normalized spacial score (nSPS) is 11.3. The van der Waals surface area contributed by atoms with E-state index in [2.05, 4.69) is 163 Å². The maximum atomic E-state index is 11.3. The van der Waals surface area contributed by atoms with Gasteiger partial charge >= 0.3 is 0 Å². The summed E-state index contributed by atoms with van der Waals surface area (Å²) in [5.74, 6) is 0.152. The van der Waals surface area contributed by atoms with Gasteiger partial charge < -0.3 is 19.6 Å². The van der Waals surface area contributed by atoms with Crippen molar-refractivity contribution < 1.29 is 28.0 Å². The number of carbonyl (C=O) groups excluding carboxylic acids is 1. The van der Waals surface area contributed by atoms with Gasteiger partial charge in [0.05, 0.1) is 32.7 Å². The van der Waals surface area contributed by atoms with Crippen LogP contribution in [0.2, 0.25) is 10.0 Å². The van der Waals surface area contributed by atoms with Gasteiger partial charge in [-0.1, -0.05) is 198 Å². The standard InChI is InChI=1S/C27H33S.C18H13Cl2S.C14H12O3.C7H8O3S/c1-19(2)22-7-13-25(14-8-22)28(26-15-9-23(10-16-26)20(3)4)27-17-11-24(12-18-27)21(5)6;19-14-6-10-17(11-7-14)21(16-4-2-1-3-5-16)18-12-8-15(20)9-13-18;15-13(16)14(17,11-7-3-1-4-8-11)12-9-5-2-6-10-12;1-6-2-4-7(5-3-6)11(8,9)10/h7-21H,1-6H3;1-13H;1-10,17H,(H,15,16);2-5H,1H3,(H,8,9,10)/q2*+1;;/p-2. The van der Waals surface area contributed by atoms with Crippen LogP contribution in [-0.2, 0) is 42.3 Å². The highest BCUT2D eigenvalue weighted by Crippen LogP contribution is 2.35. The van der Waals surface area contributed by atoms with Crippen molar-refractivity contribution in [3.8, 4) is 0 Å². The average Bonchev–Trinajstić information content (AvgIpc) is 3.44. The van der Waals surface area contributed by atoms with Gasteiger partial charge in [0, 0.05) is 10.0 Å². The number of benzene rings is 9. The van der Waals surface area contributed by atoms with E-state index in [0.29, 0.717) is 17.8 Å². The molecule has 0 unspecified atom stereocenters. The van der Waals surface area contributed by atoms with Gasteiger partial charge in [-0.15, -0.1) is 0 Å². The summed E-state index contributed by atoms with van der Waals surface area (Å²) in [6.45, 7) is 15.3. The average molecular weight is 1120 g/mol. The lowest BCUT2D eigenvalue weighted by molar-refractivity contribution is -0.322. The molecule has 0 atom stereocenters. The second kappa shape index (κ2) is 28.3. The summed E-state index contributed by atoms with van der Waals surface area (Å²) < 4.78 is 31.2. The summed E-state index contributed by atoms with van der Waals surface area (Å²) in [4.78, 5) is 19.0. The zero-order valence-electron chi connectivity index (χ0n) is 44.2. The third kappa shape index (κ3) is 16.8. The van der Waals surface area contributed by atoms with E-state index in [-0.39, 0.29) is 37.8 Å². The lowest BCUT2D eigenvalue weighted by atomic mass is 9.86. The Labute approximate surface area is 471 Å². The Morgan fingerprint density at radius 3 is 0.948 bits per heavy atom. The van der Waals surface area contributed by atoms with Crippen LogP contribution >= 0.6 is 23.2 Å². The van der Waals surface area contributed by atoms with E-state index in [1.165, 1.54) is 58.2 Å². The van der Waals surface area contributed by atoms with Crippen molar-refractivity contribution in [3.05, 3.63) is 280 Å². The first kappa shape index (κ1) is 59.8. The van der Waals surface area contributed by atoms with Gasteiger partial charge in [-0.25, -0.2) is 8.42 Å². The van der Waals surface area contributed by atoms with Crippen molar-refractivity contribution >= 4 is 61.1 Å². The van der Waals surface area contributed by atoms with Gasteiger partial charge in [0.1, 0.15) is 10.1 Å². The predicted octanol–water partition coefficient (Wildman–Crippen LogP) is 15.8. The van der Waals surface area contributed by atoms with E-state index in [1.54, 1.807) is 72.8 Å². The van der Waals surface area contributed by atoms with Gasteiger partial charge in [0.25, 0.3) is 0 Å². The fraction of sp³-hybridized carbons (Fsp3) is 0.167. The molecule has 6 nitrogen and oxygen atoms in total. The molecule has 0 saturated carbocycles. The highest BCUT2D eigenvalue weighted by atomic mass is 35.5. The molecule has 0 saturated heterocycles. The highest BCUT2D eigenvalue weighted by molar-refractivity contribution is 7.97. The van der Waals surface area contributed by atoms with Crippen LogP contribution in [0.15, 0.2) is 271 Å². The van der Waals surface area contributed by atoms with E-state index < -0.39 is 21.7 Å². The summed E-state index contributed by atoms with van der Waals surface area (Å²) in [7, 11) is -4.50. The quantitative estimate of drug-likeness (QED) is 0.0908. The van der Waals surface area contributed by atoms with Crippen molar-refractivity contribution in [1.82, 2.24) is 0 Å². The molecule has 9 aromatic carbocycles. The van der Waals surface area contributed by atoms with Crippen molar-refractivity contribution in [3.63, 3.8) is 0 Å². The monoisotopic (exact) mass is 1120 g/mol. The Morgan fingerprint density at radius 2 is 0.688 bits per heavy atom. The molecule has 9 rings (SSSR count). The van der Waals surface area contributed by atoms with Gasteiger partial charge in [-0.05, 0) is 162 Å². The SMILES string of the molecule is CC(C)c1ccc([S+](c2ccc(C(C)C)cc2)c2ccc(C(C)C)cc2)cc1.Cc1ccc(S(=O)(=O)[O-])cc1.Clc1ccc([S+](c2ccccc2)c2ccc(Cl)cc2)cc1.O=C([O-])C(O)(c1ccccc1)c1ccccc1. The van der Waals surface area contributed by atoms with Gasteiger partial charge in [0.15, 0.2) is 35.0 Å². The Bertz CT molecular complexity index is 3120. The molecule has 0 heterocycles. The summed E-state index contributed by atoms with van der Waals surface area (Å²) in [6, 6.07) is 76.6. The van der Waals surface area contributed by atoms with E-state index in [9.17, 15) is 28.0 Å². The highest BCUT2D eigenvalue weighted by Gasteiger charge is 2.33. The number of carboxylic acids is 1. The van der Waals surface area contributed by atoms with Gasteiger partial charge in [-0.3, -0.25) is 0 Å². The number of aryl methyl sites for hydroxylation is 1. The Morgan fingerprint density at radius 1 is 0.429 bits per heavy atom.